The summed E-state index contributed by atoms with van der Waals surface area (Å²) in [4.78, 5) is 16.2. The summed E-state index contributed by atoms with van der Waals surface area (Å²) in [5.74, 6) is -0.214. The minimum absolute atomic E-state index is 0.214. The molecule has 7 heteroatoms. The van der Waals surface area contributed by atoms with Gasteiger partial charge in [-0.2, -0.15) is 0 Å². The van der Waals surface area contributed by atoms with Gasteiger partial charge in [-0.15, -0.1) is 0 Å². The fraction of sp³-hybridized carbons (Fsp3) is 0.455. The molecule has 3 N–H and O–H groups in total. The van der Waals surface area contributed by atoms with Gasteiger partial charge >= 0.3 is 0 Å². The van der Waals surface area contributed by atoms with Crippen molar-refractivity contribution in [2.45, 2.75) is 13.0 Å². The number of ether oxygens (including phenoxy) is 1. The second kappa shape index (κ2) is 5.13. The predicted molar refractivity (Wildman–Crippen MR) is 72.5 cm³/mol. The minimum Gasteiger partial charge on any atom is -0.379 e. The second-order valence-electron chi connectivity index (χ2n) is 4.49. The van der Waals surface area contributed by atoms with Crippen LogP contribution in [0.3, 0.4) is 0 Å². The number of nitrogens with two attached hydrogens (primary N) is 1. The van der Waals surface area contributed by atoms with Crippen LogP contribution in [0.25, 0.3) is 0 Å². The van der Waals surface area contributed by atoms with E-state index in [4.69, 9.17) is 22.1 Å². The summed E-state index contributed by atoms with van der Waals surface area (Å²) in [6, 6.07) is 1.37. The van der Waals surface area contributed by atoms with Gasteiger partial charge in [-0.25, -0.2) is 4.98 Å². The van der Waals surface area contributed by atoms with Gasteiger partial charge in [0.25, 0.3) is 0 Å². The molecule has 0 spiro atoms. The van der Waals surface area contributed by atoms with E-state index in [2.05, 4.69) is 26.2 Å². The van der Waals surface area contributed by atoms with Gasteiger partial charge in [-0.3, -0.25) is 4.79 Å². The Bertz CT molecular complexity index is 485. The first-order chi connectivity index (χ1) is 8.43. The molecule has 0 aromatic carbocycles. The van der Waals surface area contributed by atoms with Gasteiger partial charge < -0.3 is 15.8 Å². The molecule has 5 nitrogen and oxygen atoms in total. The van der Waals surface area contributed by atoms with Gasteiger partial charge in [0.05, 0.1) is 24.3 Å². The van der Waals surface area contributed by atoms with Crippen molar-refractivity contribution >= 4 is 39.1 Å². The van der Waals surface area contributed by atoms with E-state index in [1.54, 1.807) is 19.2 Å². The van der Waals surface area contributed by atoms with Crippen LogP contribution >= 0.6 is 27.5 Å². The predicted octanol–water partition coefficient (Wildman–Crippen LogP) is 1.80. The summed E-state index contributed by atoms with van der Waals surface area (Å²) in [6.45, 7) is 2.47. The molecular formula is C11H13BrClN3O2. The summed E-state index contributed by atoms with van der Waals surface area (Å²) in [5, 5.41) is 2.98. The van der Waals surface area contributed by atoms with Crippen LogP contribution in [0.1, 0.15) is 6.92 Å². The van der Waals surface area contributed by atoms with E-state index in [-0.39, 0.29) is 17.1 Å². The average molecular weight is 335 g/mol. The highest BCUT2D eigenvalue weighted by Gasteiger charge is 2.44. The van der Waals surface area contributed by atoms with Crippen LogP contribution in [-0.4, -0.2) is 30.1 Å². The lowest BCUT2D eigenvalue weighted by molar-refractivity contribution is -0.125. The molecule has 2 rings (SSSR count). The average Bonchev–Trinajstić information content (AvgIpc) is 2.66. The minimum atomic E-state index is -0.744. The van der Waals surface area contributed by atoms with Crippen LogP contribution in [0.15, 0.2) is 16.7 Å². The number of nitrogens with one attached hydrogen (secondary N) is 1. The van der Waals surface area contributed by atoms with Crippen molar-refractivity contribution in [3.05, 3.63) is 21.9 Å². The van der Waals surface area contributed by atoms with Crippen molar-refractivity contribution in [1.82, 2.24) is 4.98 Å². The fourth-order valence-electron chi connectivity index (χ4n) is 1.70. The number of nitrogens with zero attached hydrogens (tertiary/aromatic N) is 1. The molecule has 1 aliphatic rings. The highest BCUT2D eigenvalue weighted by Crippen LogP contribution is 2.30. The molecule has 1 aromatic heterocycles. The van der Waals surface area contributed by atoms with Gasteiger partial charge in [0.15, 0.2) is 5.15 Å². The molecule has 2 unspecified atom stereocenters. The molecule has 0 bridgehead atoms. The maximum Gasteiger partial charge on any atom is 0.234 e. The Morgan fingerprint density at radius 1 is 1.78 bits per heavy atom. The molecule has 1 aromatic rings. The topological polar surface area (TPSA) is 77.2 Å². The van der Waals surface area contributed by atoms with E-state index in [0.29, 0.717) is 18.9 Å². The van der Waals surface area contributed by atoms with Crippen LogP contribution in [0.5, 0.6) is 0 Å². The lowest BCUT2D eigenvalue weighted by Crippen LogP contribution is -2.47. The van der Waals surface area contributed by atoms with Gasteiger partial charge in [-0.1, -0.05) is 11.6 Å². The summed E-state index contributed by atoms with van der Waals surface area (Å²) in [6.07, 6.45) is 1.56. The Labute approximate surface area is 118 Å². The molecule has 98 valence electrons. The van der Waals surface area contributed by atoms with Crippen molar-refractivity contribution in [3.63, 3.8) is 0 Å². The number of carbonyl (C=O) groups excluding carboxylic acids is 1. The number of halogens is 2. The smallest absolute Gasteiger partial charge is 0.234 e. The van der Waals surface area contributed by atoms with Crippen LogP contribution in [0, 0.1) is 5.41 Å². The summed E-state index contributed by atoms with van der Waals surface area (Å²) >= 11 is 9.19. The third-order valence-electron chi connectivity index (χ3n) is 3.09. The van der Waals surface area contributed by atoms with Gasteiger partial charge in [0.2, 0.25) is 5.91 Å². The second-order valence-corrected chi connectivity index (χ2v) is 5.76. The Balaban J connectivity index is 2.19. The maximum absolute atomic E-state index is 12.2. The highest BCUT2D eigenvalue weighted by atomic mass is 79.9. The molecule has 0 saturated carbocycles. The monoisotopic (exact) mass is 333 g/mol. The van der Waals surface area contributed by atoms with E-state index in [1.807, 2.05) is 0 Å². The zero-order chi connectivity index (χ0) is 13.3. The van der Waals surface area contributed by atoms with Crippen molar-refractivity contribution < 1.29 is 9.53 Å². The molecule has 0 radical (unpaired) electrons. The highest BCUT2D eigenvalue weighted by molar-refractivity contribution is 9.10. The van der Waals surface area contributed by atoms with E-state index < -0.39 is 5.41 Å². The number of hydrogen-bond donors (Lipinski definition) is 2. The third-order valence-corrected chi connectivity index (χ3v) is 3.83. The number of rotatable bonds is 2. The number of aromatic nitrogens is 1. The lowest BCUT2D eigenvalue weighted by Gasteiger charge is -2.25. The Hall–Kier alpha value is -0.690. The zero-order valence-corrected chi connectivity index (χ0v) is 12.1. The van der Waals surface area contributed by atoms with E-state index >= 15 is 0 Å². The first-order valence-electron chi connectivity index (χ1n) is 5.39. The molecule has 1 amide bonds. The summed E-state index contributed by atoms with van der Waals surface area (Å²) in [7, 11) is 0. The Morgan fingerprint density at radius 2 is 2.50 bits per heavy atom. The first kappa shape index (κ1) is 13.7. The SMILES string of the molecule is CC1(C(=O)Nc2cc(Br)cnc2Cl)COCC1N. The molecule has 1 saturated heterocycles. The van der Waals surface area contributed by atoms with Crippen molar-refractivity contribution in [3.8, 4) is 0 Å². The van der Waals surface area contributed by atoms with E-state index in [0.717, 1.165) is 4.47 Å². The normalized spacial score (nSPS) is 27.2. The largest absolute Gasteiger partial charge is 0.379 e. The van der Waals surface area contributed by atoms with Gasteiger partial charge in [-0.05, 0) is 28.9 Å². The maximum atomic E-state index is 12.2. The number of anilines is 1. The first-order valence-corrected chi connectivity index (χ1v) is 6.56. The van der Waals surface area contributed by atoms with Gasteiger partial charge in [0, 0.05) is 16.7 Å². The van der Waals surface area contributed by atoms with Crippen LogP contribution in [-0.2, 0) is 9.53 Å². The summed E-state index contributed by atoms with van der Waals surface area (Å²) in [5.41, 5.74) is 5.60. The molecule has 1 fully saturated rings. The lowest BCUT2D eigenvalue weighted by atomic mass is 9.85. The third kappa shape index (κ3) is 2.51. The van der Waals surface area contributed by atoms with E-state index in [1.165, 1.54) is 0 Å². The van der Waals surface area contributed by atoms with Crippen molar-refractivity contribution in [1.29, 1.82) is 0 Å². The van der Waals surface area contributed by atoms with Crippen LogP contribution in [0.4, 0.5) is 5.69 Å². The van der Waals surface area contributed by atoms with Gasteiger partial charge in [0.1, 0.15) is 0 Å². The molecule has 0 aliphatic carbocycles. The number of hydrogen-bond acceptors (Lipinski definition) is 4. The summed E-state index contributed by atoms with van der Waals surface area (Å²) < 4.78 is 5.98. The molecular weight excluding hydrogens is 321 g/mol. The number of pyridine rings is 1. The number of amides is 1. The zero-order valence-electron chi connectivity index (χ0n) is 9.74. The molecule has 2 atom stereocenters. The molecule has 1 aliphatic heterocycles. The molecule has 2 heterocycles. The van der Waals surface area contributed by atoms with E-state index in [9.17, 15) is 4.79 Å². The van der Waals surface area contributed by atoms with Crippen LogP contribution in [0.2, 0.25) is 5.15 Å². The standard InChI is InChI=1S/C11H13BrClN3O2/c1-11(5-18-4-8(11)14)10(17)16-7-2-6(12)3-15-9(7)13/h2-3,8H,4-5,14H2,1H3,(H,16,17). The Kier molecular flexibility index (Phi) is 3.91. The van der Waals surface area contributed by atoms with Crippen molar-refractivity contribution in [2.75, 3.05) is 18.5 Å². The number of carbonyl (C=O) groups is 1. The van der Waals surface area contributed by atoms with Crippen LogP contribution < -0.4 is 11.1 Å². The molecule has 18 heavy (non-hydrogen) atoms. The van der Waals surface area contributed by atoms with Crippen molar-refractivity contribution in [2.24, 2.45) is 11.1 Å². The Morgan fingerprint density at radius 3 is 3.11 bits per heavy atom. The fourth-order valence-corrected chi connectivity index (χ4v) is 2.18. The quantitative estimate of drug-likeness (QED) is 0.809.